The Hall–Kier alpha value is -1.40. The lowest BCUT2D eigenvalue weighted by Gasteiger charge is -2.33. The minimum atomic E-state index is -0.250. The summed E-state index contributed by atoms with van der Waals surface area (Å²) in [6.07, 6.45) is 7.56. The maximum absolute atomic E-state index is 11.4. The summed E-state index contributed by atoms with van der Waals surface area (Å²) < 4.78 is 21.6. The van der Waals surface area contributed by atoms with Gasteiger partial charge in [-0.05, 0) is 26.2 Å². The number of fused-ring (bicyclic) bond motifs is 1. The van der Waals surface area contributed by atoms with Gasteiger partial charge >= 0.3 is 11.9 Å². The number of allylic oxidation sites excluding steroid dienone is 2. The standard InChI is InChI=1S/C18H28O6/c1-12(19)23-16-10-17-15(11-22-13(2)24-17)14(16)8-6-4-5-7-9-18(20)21-3/h4,6,13-17H,5,7-11H2,1-3H3/b6-4-/t13-,14+,15+,16-,17+/m0/s1. The number of esters is 2. The fraction of sp³-hybridized carbons (Fsp3) is 0.778. The molecule has 1 heterocycles. The first-order valence-corrected chi connectivity index (χ1v) is 8.67. The Kier molecular flexibility index (Phi) is 7.24. The van der Waals surface area contributed by atoms with Gasteiger partial charge in [0.25, 0.3) is 0 Å². The number of rotatable bonds is 7. The van der Waals surface area contributed by atoms with Gasteiger partial charge < -0.3 is 18.9 Å². The smallest absolute Gasteiger partial charge is 0.305 e. The van der Waals surface area contributed by atoms with Gasteiger partial charge in [-0.1, -0.05) is 12.2 Å². The van der Waals surface area contributed by atoms with Crippen molar-refractivity contribution in [2.45, 2.75) is 64.4 Å². The number of hydrogen-bond donors (Lipinski definition) is 0. The van der Waals surface area contributed by atoms with Crippen LogP contribution in [0, 0.1) is 11.8 Å². The van der Waals surface area contributed by atoms with Gasteiger partial charge in [0.1, 0.15) is 6.10 Å². The second kappa shape index (κ2) is 9.18. The Bertz CT molecular complexity index is 460. The highest BCUT2D eigenvalue weighted by Crippen LogP contribution is 2.41. The van der Waals surface area contributed by atoms with Crippen molar-refractivity contribution >= 4 is 11.9 Å². The van der Waals surface area contributed by atoms with Crippen molar-refractivity contribution in [3.05, 3.63) is 12.2 Å². The van der Waals surface area contributed by atoms with E-state index >= 15 is 0 Å². The van der Waals surface area contributed by atoms with Crippen LogP contribution < -0.4 is 0 Å². The summed E-state index contributed by atoms with van der Waals surface area (Å²) in [5, 5.41) is 0. The van der Waals surface area contributed by atoms with Crippen molar-refractivity contribution in [3.8, 4) is 0 Å². The zero-order valence-electron chi connectivity index (χ0n) is 14.7. The van der Waals surface area contributed by atoms with Gasteiger partial charge in [0.05, 0.1) is 19.8 Å². The highest BCUT2D eigenvalue weighted by Gasteiger charge is 2.47. The number of carbonyl (C=O) groups is 2. The number of hydrogen-bond acceptors (Lipinski definition) is 6. The summed E-state index contributed by atoms with van der Waals surface area (Å²) in [4.78, 5) is 22.4. The normalized spacial score (nSPS) is 32.5. The lowest BCUT2D eigenvalue weighted by atomic mass is 9.90. The third-order valence-electron chi connectivity index (χ3n) is 4.73. The van der Waals surface area contributed by atoms with Gasteiger partial charge in [-0.3, -0.25) is 9.59 Å². The van der Waals surface area contributed by atoms with Gasteiger partial charge in [0.2, 0.25) is 0 Å². The van der Waals surface area contributed by atoms with E-state index in [4.69, 9.17) is 14.2 Å². The predicted molar refractivity (Wildman–Crippen MR) is 87.1 cm³/mol. The average molecular weight is 340 g/mol. The largest absolute Gasteiger partial charge is 0.469 e. The Morgan fingerprint density at radius 2 is 2.08 bits per heavy atom. The van der Waals surface area contributed by atoms with E-state index in [1.165, 1.54) is 14.0 Å². The van der Waals surface area contributed by atoms with E-state index in [-0.39, 0.29) is 42.3 Å². The highest BCUT2D eigenvalue weighted by atomic mass is 16.7. The quantitative estimate of drug-likeness (QED) is 0.403. The zero-order chi connectivity index (χ0) is 17.5. The van der Waals surface area contributed by atoms with Crippen LogP contribution in [-0.2, 0) is 28.5 Å². The lowest BCUT2D eigenvalue weighted by molar-refractivity contribution is -0.223. The SMILES string of the molecule is COC(=O)CCC/C=C\C[C@@H]1[C@H]2CO[C@H](C)O[C@@H]2C[C@@H]1OC(C)=O. The monoisotopic (exact) mass is 340 g/mol. The van der Waals surface area contributed by atoms with Gasteiger partial charge in [-0.2, -0.15) is 0 Å². The van der Waals surface area contributed by atoms with Gasteiger partial charge in [-0.15, -0.1) is 0 Å². The van der Waals surface area contributed by atoms with Crippen LogP contribution in [0.4, 0.5) is 0 Å². The maximum Gasteiger partial charge on any atom is 0.305 e. The Morgan fingerprint density at radius 1 is 1.29 bits per heavy atom. The van der Waals surface area contributed by atoms with Crippen LogP contribution in [0.3, 0.4) is 0 Å². The molecule has 1 saturated heterocycles. The predicted octanol–water partition coefficient (Wildman–Crippen LogP) is 2.61. The van der Waals surface area contributed by atoms with Crippen LogP contribution in [0.25, 0.3) is 0 Å². The summed E-state index contributed by atoms with van der Waals surface area (Å²) in [5.41, 5.74) is 0. The third kappa shape index (κ3) is 5.31. The number of ether oxygens (including phenoxy) is 4. The maximum atomic E-state index is 11.4. The minimum absolute atomic E-state index is 0.0934. The van der Waals surface area contributed by atoms with Crippen LogP contribution in [0.1, 0.15) is 46.0 Å². The van der Waals surface area contributed by atoms with Crippen LogP contribution in [0.2, 0.25) is 0 Å². The van der Waals surface area contributed by atoms with E-state index in [0.717, 1.165) is 25.7 Å². The molecule has 1 aliphatic heterocycles. The third-order valence-corrected chi connectivity index (χ3v) is 4.73. The molecule has 0 aromatic heterocycles. The molecule has 2 rings (SSSR count). The highest BCUT2D eigenvalue weighted by molar-refractivity contribution is 5.69. The molecule has 5 atom stereocenters. The Balaban J connectivity index is 1.85. The molecule has 0 spiro atoms. The molecule has 0 aromatic carbocycles. The molecule has 1 aliphatic carbocycles. The molecule has 2 aliphatic rings. The molecular weight excluding hydrogens is 312 g/mol. The van der Waals surface area contributed by atoms with E-state index in [0.29, 0.717) is 13.0 Å². The van der Waals surface area contributed by atoms with Crippen LogP contribution in [0.5, 0.6) is 0 Å². The van der Waals surface area contributed by atoms with Crippen molar-refractivity contribution < 1.29 is 28.5 Å². The topological polar surface area (TPSA) is 71.1 Å². The van der Waals surface area contributed by atoms with Crippen molar-refractivity contribution in [1.82, 2.24) is 0 Å². The molecule has 1 saturated carbocycles. The first kappa shape index (κ1) is 18.9. The van der Waals surface area contributed by atoms with Gasteiger partial charge in [0, 0.05) is 31.6 Å². The molecule has 0 N–H and O–H groups in total. The molecule has 0 amide bonds. The van der Waals surface area contributed by atoms with E-state index in [1.54, 1.807) is 0 Å². The van der Waals surface area contributed by atoms with Gasteiger partial charge in [-0.25, -0.2) is 0 Å². The van der Waals surface area contributed by atoms with E-state index in [1.807, 2.05) is 6.92 Å². The van der Waals surface area contributed by atoms with E-state index in [2.05, 4.69) is 16.9 Å². The molecule has 0 radical (unpaired) electrons. The van der Waals surface area contributed by atoms with Crippen molar-refractivity contribution in [2.75, 3.05) is 13.7 Å². The fourth-order valence-corrected chi connectivity index (χ4v) is 3.56. The Morgan fingerprint density at radius 3 is 2.79 bits per heavy atom. The molecule has 2 fully saturated rings. The molecule has 0 unspecified atom stereocenters. The molecule has 6 nitrogen and oxygen atoms in total. The molecule has 136 valence electrons. The second-order valence-corrected chi connectivity index (χ2v) is 6.46. The first-order chi connectivity index (χ1) is 11.5. The van der Waals surface area contributed by atoms with Gasteiger partial charge in [0.15, 0.2) is 6.29 Å². The van der Waals surface area contributed by atoms with Crippen LogP contribution >= 0.6 is 0 Å². The molecule has 0 aromatic rings. The summed E-state index contributed by atoms with van der Waals surface area (Å²) in [6.45, 7) is 3.98. The average Bonchev–Trinajstić information content (AvgIpc) is 2.85. The molecule has 24 heavy (non-hydrogen) atoms. The van der Waals surface area contributed by atoms with E-state index in [9.17, 15) is 9.59 Å². The van der Waals surface area contributed by atoms with Crippen molar-refractivity contribution in [1.29, 1.82) is 0 Å². The van der Waals surface area contributed by atoms with Crippen molar-refractivity contribution in [2.24, 2.45) is 11.8 Å². The summed E-state index contributed by atoms with van der Waals surface area (Å²) in [7, 11) is 1.40. The number of methoxy groups -OCH3 is 1. The fourth-order valence-electron chi connectivity index (χ4n) is 3.56. The minimum Gasteiger partial charge on any atom is -0.469 e. The second-order valence-electron chi connectivity index (χ2n) is 6.46. The first-order valence-electron chi connectivity index (χ1n) is 8.67. The van der Waals surface area contributed by atoms with Crippen LogP contribution in [-0.4, -0.2) is 44.2 Å². The van der Waals surface area contributed by atoms with E-state index < -0.39 is 0 Å². The zero-order valence-corrected chi connectivity index (χ0v) is 14.7. The molecular formula is C18H28O6. The van der Waals surface area contributed by atoms with Crippen molar-refractivity contribution in [3.63, 3.8) is 0 Å². The number of unbranched alkanes of at least 4 members (excludes halogenated alkanes) is 1. The Labute approximate surface area is 143 Å². The summed E-state index contributed by atoms with van der Waals surface area (Å²) in [5.74, 6) is 0.0378. The summed E-state index contributed by atoms with van der Waals surface area (Å²) >= 11 is 0. The molecule has 0 bridgehead atoms. The summed E-state index contributed by atoms with van der Waals surface area (Å²) in [6, 6.07) is 0. The molecule has 6 heteroatoms. The number of carbonyl (C=O) groups excluding carboxylic acids is 2. The lowest BCUT2D eigenvalue weighted by Crippen LogP contribution is -2.37. The van der Waals surface area contributed by atoms with Crippen LogP contribution in [0.15, 0.2) is 12.2 Å².